The van der Waals surface area contributed by atoms with Crippen LogP contribution in [0, 0.1) is 5.92 Å². The molecule has 2 aliphatic heterocycles. The van der Waals surface area contributed by atoms with Gasteiger partial charge in [0.15, 0.2) is 0 Å². The first-order valence-electron chi connectivity index (χ1n) is 9.55. The highest BCUT2D eigenvalue weighted by molar-refractivity contribution is 5.77. The second kappa shape index (κ2) is 7.60. The predicted octanol–water partition coefficient (Wildman–Crippen LogP) is 1.64. The van der Waals surface area contributed by atoms with E-state index in [-0.39, 0.29) is 5.91 Å². The molecule has 2 atom stereocenters. The largest absolute Gasteiger partial charge is 0.338 e. The third-order valence-corrected chi connectivity index (χ3v) is 5.66. The Morgan fingerprint density at radius 1 is 1.19 bits per heavy atom. The van der Waals surface area contributed by atoms with Crippen molar-refractivity contribution in [3.05, 3.63) is 48.3 Å². The number of carbonyl (C=O) groups excluding carboxylic acids is 1. The molecule has 3 heterocycles. The molecule has 0 bridgehead atoms. The van der Waals surface area contributed by atoms with Crippen molar-refractivity contribution in [1.82, 2.24) is 19.6 Å². The summed E-state index contributed by atoms with van der Waals surface area (Å²) in [7, 11) is 0. The summed E-state index contributed by atoms with van der Waals surface area (Å²) in [5, 5.41) is 4.50. The van der Waals surface area contributed by atoms with Gasteiger partial charge in [0, 0.05) is 56.9 Å². The Balaban J connectivity index is 1.39. The van der Waals surface area contributed by atoms with Gasteiger partial charge in [0.05, 0.1) is 11.9 Å². The number of piperidine rings is 2. The van der Waals surface area contributed by atoms with Gasteiger partial charge in [-0.3, -0.25) is 9.69 Å². The number of nitrogens with two attached hydrogens (primary N) is 1. The monoisotopic (exact) mass is 353 g/mol. The second-order valence-corrected chi connectivity index (χ2v) is 7.39. The maximum atomic E-state index is 12.2. The molecule has 0 radical (unpaired) electrons. The number of hydrogen-bond acceptors (Lipinski definition) is 4. The summed E-state index contributed by atoms with van der Waals surface area (Å²) in [5.74, 6) is 0.853. The normalized spacial score (nSPS) is 23.9. The van der Waals surface area contributed by atoms with E-state index in [4.69, 9.17) is 5.73 Å². The van der Waals surface area contributed by atoms with Gasteiger partial charge in [-0.2, -0.15) is 5.10 Å². The van der Waals surface area contributed by atoms with Crippen LogP contribution < -0.4 is 5.73 Å². The highest BCUT2D eigenvalue weighted by Crippen LogP contribution is 2.31. The van der Waals surface area contributed by atoms with E-state index in [2.05, 4.69) is 28.3 Å². The zero-order valence-electron chi connectivity index (χ0n) is 15.1. The van der Waals surface area contributed by atoms with Crippen molar-refractivity contribution in [2.75, 3.05) is 26.2 Å². The van der Waals surface area contributed by atoms with Gasteiger partial charge >= 0.3 is 0 Å². The number of likely N-dealkylation sites (tertiary alicyclic amines) is 2. The molecule has 6 nitrogen and oxygen atoms in total. The van der Waals surface area contributed by atoms with Crippen LogP contribution in [0.5, 0.6) is 0 Å². The molecule has 2 aliphatic rings. The van der Waals surface area contributed by atoms with E-state index in [1.165, 1.54) is 5.56 Å². The Bertz CT molecular complexity index is 744. The number of hydrogen-bond donors (Lipinski definition) is 1. The van der Waals surface area contributed by atoms with Crippen molar-refractivity contribution in [1.29, 1.82) is 0 Å². The van der Waals surface area contributed by atoms with E-state index in [1.807, 2.05) is 34.0 Å². The quantitative estimate of drug-likeness (QED) is 0.887. The predicted molar refractivity (Wildman–Crippen MR) is 101 cm³/mol. The van der Waals surface area contributed by atoms with E-state index >= 15 is 0 Å². The van der Waals surface area contributed by atoms with Crippen LogP contribution in [0.3, 0.4) is 0 Å². The fraction of sp³-hybridized carbons (Fsp3) is 0.500. The first-order chi connectivity index (χ1) is 12.7. The van der Waals surface area contributed by atoms with Gasteiger partial charge in [-0.15, -0.1) is 0 Å². The SMILES string of the molecule is NCCN1C(=O)CC[C@H]2CN(Cc3cnn(-c4ccccc4)c3)CC[C@H]21. The number of nitrogens with zero attached hydrogens (tertiary/aromatic N) is 4. The third-order valence-electron chi connectivity index (χ3n) is 5.66. The third kappa shape index (κ3) is 3.52. The number of fused-ring (bicyclic) bond motifs is 1. The van der Waals surface area contributed by atoms with Crippen molar-refractivity contribution < 1.29 is 4.79 Å². The number of benzene rings is 1. The molecule has 6 heteroatoms. The zero-order valence-corrected chi connectivity index (χ0v) is 15.1. The number of rotatable bonds is 5. The van der Waals surface area contributed by atoms with Crippen LogP contribution in [0.25, 0.3) is 5.69 Å². The Labute approximate surface area is 154 Å². The van der Waals surface area contributed by atoms with Crippen LogP contribution in [0.2, 0.25) is 0 Å². The molecule has 138 valence electrons. The zero-order chi connectivity index (χ0) is 17.9. The van der Waals surface area contributed by atoms with Gasteiger partial charge < -0.3 is 10.6 Å². The number of amides is 1. The van der Waals surface area contributed by atoms with Crippen LogP contribution in [-0.2, 0) is 11.3 Å². The molecule has 2 aromatic rings. The molecule has 2 saturated heterocycles. The summed E-state index contributed by atoms with van der Waals surface area (Å²) < 4.78 is 1.93. The van der Waals surface area contributed by atoms with E-state index in [9.17, 15) is 4.79 Å². The second-order valence-electron chi connectivity index (χ2n) is 7.39. The van der Waals surface area contributed by atoms with Crippen LogP contribution in [0.15, 0.2) is 42.7 Å². The first kappa shape index (κ1) is 17.2. The Morgan fingerprint density at radius 3 is 2.85 bits per heavy atom. The van der Waals surface area contributed by atoms with Gasteiger partial charge in [-0.1, -0.05) is 18.2 Å². The Kier molecular flexibility index (Phi) is 5.04. The molecular weight excluding hydrogens is 326 g/mol. The lowest BCUT2D eigenvalue weighted by atomic mass is 9.83. The lowest BCUT2D eigenvalue weighted by Gasteiger charge is -2.47. The van der Waals surface area contributed by atoms with Gasteiger partial charge in [0.2, 0.25) is 5.91 Å². The minimum Gasteiger partial charge on any atom is -0.338 e. The fourth-order valence-electron chi connectivity index (χ4n) is 4.42. The maximum absolute atomic E-state index is 12.2. The van der Waals surface area contributed by atoms with E-state index in [0.717, 1.165) is 38.2 Å². The van der Waals surface area contributed by atoms with E-state index in [1.54, 1.807) is 0 Å². The minimum atomic E-state index is 0.286. The van der Waals surface area contributed by atoms with E-state index in [0.29, 0.717) is 31.5 Å². The summed E-state index contributed by atoms with van der Waals surface area (Å²) >= 11 is 0. The number of aromatic nitrogens is 2. The average Bonchev–Trinajstić information content (AvgIpc) is 3.13. The van der Waals surface area contributed by atoms with Crippen molar-refractivity contribution in [2.45, 2.75) is 31.8 Å². The molecule has 1 aromatic carbocycles. The molecule has 0 unspecified atom stereocenters. The molecule has 2 fully saturated rings. The van der Waals surface area contributed by atoms with Crippen LogP contribution >= 0.6 is 0 Å². The molecule has 4 rings (SSSR count). The molecular formula is C20H27N5O. The van der Waals surface area contributed by atoms with E-state index < -0.39 is 0 Å². The van der Waals surface area contributed by atoms with Crippen LogP contribution in [0.4, 0.5) is 0 Å². The lowest BCUT2D eigenvalue weighted by Crippen LogP contribution is -2.56. The molecule has 0 saturated carbocycles. The highest BCUT2D eigenvalue weighted by atomic mass is 16.2. The highest BCUT2D eigenvalue weighted by Gasteiger charge is 2.38. The van der Waals surface area contributed by atoms with Crippen LogP contribution in [0.1, 0.15) is 24.8 Å². The molecule has 0 spiro atoms. The van der Waals surface area contributed by atoms with Crippen LogP contribution in [-0.4, -0.2) is 57.7 Å². The van der Waals surface area contributed by atoms with Crippen molar-refractivity contribution >= 4 is 5.91 Å². The number of carbonyl (C=O) groups is 1. The Hall–Kier alpha value is -2.18. The molecule has 1 amide bonds. The summed E-state index contributed by atoms with van der Waals surface area (Å²) in [6, 6.07) is 10.6. The summed E-state index contributed by atoms with van der Waals surface area (Å²) in [6.07, 6.45) is 6.80. The van der Waals surface area contributed by atoms with Gasteiger partial charge in [-0.25, -0.2) is 4.68 Å². The van der Waals surface area contributed by atoms with Gasteiger partial charge in [0.25, 0.3) is 0 Å². The Morgan fingerprint density at radius 2 is 2.04 bits per heavy atom. The van der Waals surface area contributed by atoms with Crippen molar-refractivity contribution in [2.24, 2.45) is 11.7 Å². The molecule has 2 N–H and O–H groups in total. The number of para-hydroxylation sites is 1. The first-order valence-corrected chi connectivity index (χ1v) is 9.55. The molecule has 1 aromatic heterocycles. The standard InChI is InChI=1S/C20H27N5O/c21-9-11-24-19-8-10-23(15-17(19)6-7-20(24)26)13-16-12-22-25(14-16)18-4-2-1-3-5-18/h1-5,12,14,17,19H,6-11,13,15,21H2/t17-,19+/m0/s1. The lowest BCUT2D eigenvalue weighted by molar-refractivity contribution is -0.140. The van der Waals surface area contributed by atoms with Gasteiger partial charge in [0.1, 0.15) is 0 Å². The average molecular weight is 353 g/mol. The summed E-state index contributed by atoms with van der Waals surface area (Å²) in [6.45, 7) is 4.24. The van der Waals surface area contributed by atoms with Crippen molar-refractivity contribution in [3.63, 3.8) is 0 Å². The smallest absolute Gasteiger partial charge is 0.222 e. The molecule has 26 heavy (non-hydrogen) atoms. The maximum Gasteiger partial charge on any atom is 0.222 e. The summed E-state index contributed by atoms with van der Waals surface area (Å²) in [4.78, 5) is 16.7. The summed E-state index contributed by atoms with van der Waals surface area (Å²) in [5.41, 5.74) is 8.03. The molecule has 0 aliphatic carbocycles. The topological polar surface area (TPSA) is 67.4 Å². The fourth-order valence-corrected chi connectivity index (χ4v) is 4.42. The van der Waals surface area contributed by atoms with Gasteiger partial charge in [-0.05, 0) is 30.9 Å². The minimum absolute atomic E-state index is 0.286. The van der Waals surface area contributed by atoms with Crippen molar-refractivity contribution in [3.8, 4) is 5.69 Å².